The van der Waals surface area contributed by atoms with Gasteiger partial charge < -0.3 is 4.74 Å². The molecule has 0 radical (unpaired) electrons. The van der Waals surface area contributed by atoms with Crippen LogP contribution >= 0.6 is 11.8 Å². The molecule has 0 heterocycles. The molecule has 0 saturated carbocycles. The van der Waals surface area contributed by atoms with Gasteiger partial charge in [0, 0.05) is 23.3 Å². The third-order valence-corrected chi connectivity index (χ3v) is 4.48. The number of hydrogen-bond acceptors (Lipinski definition) is 5. The number of hydrogen-bond donors (Lipinski definition) is 0. The summed E-state index contributed by atoms with van der Waals surface area (Å²) in [6.45, 7) is 0. The van der Waals surface area contributed by atoms with Crippen molar-refractivity contribution >= 4 is 21.6 Å². The summed E-state index contributed by atoms with van der Waals surface area (Å²) in [5, 5.41) is 8.83. The van der Waals surface area contributed by atoms with E-state index in [0.29, 0.717) is 17.1 Å². The summed E-state index contributed by atoms with van der Waals surface area (Å²) >= 11 is 1.51. The highest BCUT2D eigenvalue weighted by molar-refractivity contribution is 7.99. The van der Waals surface area contributed by atoms with Crippen molar-refractivity contribution in [2.24, 2.45) is 0 Å². The van der Waals surface area contributed by atoms with Gasteiger partial charge in [-0.25, -0.2) is 8.42 Å². The van der Waals surface area contributed by atoms with E-state index in [1.807, 2.05) is 0 Å². The molecule has 0 aliphatic rings. The van der Waals surface area contributed by atoms with Crippen LogP contribution in [0, 0.1) is 11.3 Å². The van der Waals surface area contributed by atoms with Crippen LogP contribution in [-0.2, 0) is 15.6 Å². The Bertz CT molecular complexity index is 547. The molecule has 0 bridgehead atoms. The lowest BCUT2D eigenvalue weighted by molar-refractivity contribution is 0.411. The van der Waals surface area contributed by atoms with Crippen LogP contribution in [-0.4, -0.2) is 33.3 Å². The molecular weight excluding hydrogens is 270 g/mol. The number of nitriles is 1. The number of thioether (sulfide) groups is 1. The Morgan fingerprint density at radius 2 is 2.17 bits per heavy atom. The lowest BCUT2D eigenvalue weighted by Gasteiger charge is -2.08. The molecule has 0 amide bonds. The first-order valence-corrected chi connectivity index (χ1v) is 8.50. The maximum Gasteiger partial charge on any atom is 0.148 e. The summed E-state index contributed by atoms with van der Waals surface area (Å²) in [6.07, 6.45) is 1.23. The first-order valence-electron chi connectivity index (χ1n) is 5.29. The molecule has 1 aromatic carbocycles. The molecule has 0 saturated heterocycles. The molecular formula is C12H15NO3S2. The van der Waals surface area contributed by atoms with Crippen LogP contribution in [0.5, 0.6) is 5.75 Å². The zero-order chi connectivity index (χ0) is 13.6. The molecule has 0 atom stereocenters. The average Bonchev–Trinajstić information content (AvgIpc) is 2.33. The fourth-order valence-electron chi connectivity index (χ4n) is 1.35. The summed E-state index contributed by atoms with van der Waals surface area (Å²) in [4.78, 5) is 0. The number of sulfone groups is 1. The Labute approximate surface area is 112 Å². The summed E-state index contributed by atoms with van der Waals surface area (Å²) in [5.41, 5.74) is 1.49. The van der Waals surface area contributed by atoms with Crippen LogP contribution in [0.3, 0.4) is 0 Å². The molecule has 0 N–H and O–H groups in total. The van der Waals surface area contributed by atoms with Crippen molar-refractivity contribution in [3.8, 4) is 11.8 Å². The fourth-order valence-corrected chi connectivity index (χ4v) is 3.63. The number of ether oxygens (including phenoxy) is 1. The zero-order valence-electron chi connectivity index (χ0n) is 10.3. The molecule has 1 rings (SSSR count). The van der Waals surface area contributed by atoms with Gasteiger partial charge in [-0.3, -0.25) is 0 Å². The van der Waals surface area contributed by atoms with Crippen molar-refractivity contribution in [1.82, 2.24) is 0 Å². The van der Waals surface area contributed by atoms with Gasteiger partial charge in [-0.15, -0.1) is 0 Å². The molecule has 6 heteroatoms. The Kier molecular flexibility index (Phi) is 5.51. The van der Waals surface area contributed by atoms with Crippen LogP contribution in [0.15, 0.2) is 18.2 Å². The molecule has 0 unspecified atom stereocenters. The minimum atomic E-state index is -2.91. The van der Waals surface area contributed by atoms with Gasteiger partial charge in [0.25, 0.3) is 0 Å². The summed E-state index contributed by atoms with van der Waals surface area (Å²) in [5.74, 6) is 2.06. The highest BCUT2D eigenvalue weighted by atomic mass is 32.2. The van der Waals surface area contributed by atoms with Gasteiger partial charge >= 0.3 is 0 Å². The number of benzene rings is 1. The lowest BCUT2D eigenvalue weighted by Crippen LogP contribution is -2.05. The smallest absolute Gasteiger partial charge is 0.148 e. The van der Waals surface area contributed by atoms with E-state index in [2.05, 4.69) is 6.07 Å². The number of methoxy groups -OCH3 is 1. The van der Waals surface area contributed by atoms with Crippen molar-refractivity contribution in [3.63, 3.8) is 0 Å². The highest BCUT2D eigenvalue weighted by Crippen LogP contribution is 2.24. The largest absolute Gasteiger partial charge is 0.496 e. The van der Waals surface area contributed by atoms with Crippen LogP contribution in [0.2, 0.25) is 0 Å². The van der Waals surface area contributed by atoms with Gasteiger partial charge in [0.15, 0.2) is 0 Å². The maximum atomic E-state index is 11.0. The van der Waals surface area contributed by atoms with Gasteiger partial charge in [-0.2, -0.15) is 17.0 Å². The molecule has 18 heavy (non-hydrogen) atoms. The van der Waals surface area contributed by atoms with Crippen LogP contribution < -0.4 is 4.74 Å². The third kappa shape index (κ3) is 4.98. The van der Waals surface area contributed by atoms with E-state index >= 15 is 0 Å². The summed E-state index contributed by atoms with van der Waals surface area (Å²) < 4.78 is 27.2. The van der Waals surface area contributed by atoms with Crippen molar-refractivity contribution in [1.29, 1.82) is 5.26 Å². The molecule has 0 fully saturated rings. The second kappa shape index (κ2) is 6.66. The average molecular weight is 285 g/mol. The van der Waals surface area contributed by atoms with E-state index in [0.717, 1.165) is 11.3 Å². The third-order valence-electron chi connectivity index (χ3n) is 2.27. The highest BCUT2D eigenvalue weighted by Gasteiger charge is 2.06. The first-order chi connectivity index (χ1) is 8.46. The Balaban J connectivity index is 2.63. The quantitative estimate of drug-likeness (QED) is 0.746. The molecule has 98 valence electrons. The first kappa shape index (κ1) is 14.9. The second-order valence-corrected chi connectivity index (χ2v) is 7.19. The summed E-state index contributed by atoms with van der Waals surface area (Å²) in [6, 6.07) is 7.30. The predicted octanol–water partition coefficient (Wildman–Crippen LogP) is 1.84. The lowest BCUT2D eigenvalue weighted by atomic mass is 10.1. The molecule has 4 nitrogen and oxygen atoms in total. The van der Waals surface area contributed by atoms with Crippen LogP contribution in [0.25, 0.3) is 0 Å². The van der Waals surface area contributed by atoms with Gasteiger partial charge in [-0.1, -0.05) is 0 Å². The van der Waals surface area contributed by atoms with Gasteiger partial charge in [0.1, 0.15) is 15.6 Å². The predicted molar refractivity (Wildman–Crippen MR) is 73.6 cm³/mol. The maximum absolute atomic E-state index is 11.0. The fraction of sp³-hybridized carbons (Fsp3) is 0.417. The molecule has 0 aliphatic carbocycles. The van der Waals surface area contributed by atoms with Gasteiger partial charge in [0.2, 0.25) is 0 Å². The summed E-state index contributed by atoms with van der Waals surface area (Å²) in [7, 11) is -1.34. The molecule has 1 aromatic rings. The number of nitrogens with zero attached hydrogens (tertiary/aromatic N) is 1. The minimum Gasteiger partial charge on any atom is -0.496 e. The Morgan fingerprint density at radius 1 is 1.44 bits per heavy atom. The monoisotopic (exact) mass is 285 g/mol. The van der Waals surface area contributed by atoms with Crippen LogP contribution in [0.4, 0.5) is 0 Å². The van der Waals surface area contributed by atoms with Gasteiger partial charge in [-0.05, 0) is 18.2 Å². The van der Waals surface area contributed by atoms with E-state index < -0.39 is 9.84 Å². The van der Waals surface area contributed by atoms with Crippen LogP contribution in [0.1, 0.15) is 11.1 Å². The molecule has 0 aromatic heterocycles. The van der Waals surface area contributed by atoms with E-state index in [9.17, 15) is 8.42 Å². The van der Waals surface area contributed by atoms with E-state index in [4.69, 9.17) is 10.00 Å². The van der Waals surface area contributed by atoms with Crippen molar-refractivity contribution in [3.05, 3.63) is 29.3 Å². The molecule has 0 spiro atoms. The van der Waals surface area contributed by atoms with Crippen molar-refractivity contribution < 1.29 is 13.2 Å². The van der Waals surface area contributed by atoms with E-state index in [-0.39, 0.29) is 5.75 Å². The SMILES string of the molecule is COc1ccc(C#N)cc1CSCCS(C)(=O)=O. The van der Waals surface area contributed by atoms with Crippen molar-refractivity contribution in [2.75, 3.05) is 24.9 Å². The van der Waals surface area contributed by atoms with Gasteiger partial charge in [0.05, 0.1) is 24.5 Å². The second-order valence-electron chi connectivity index (χ2n) is 3.82. The zero-order valence-corrected chi connectivity index (χ0v) is 12.0. The van der Waals surface area contributed by atoms with E-state index in [1.165, 1.54) is 18.0 Å². The number of rotatable bonds is 6. The standard InChI is InChI=1S/C12H15NO3S2/c1-16-12-4-3-10(8-13)7-11(12)9-17-5-6-18(2,14)15/h3-4,7H,5-6,9H2,1-2H3. The normalized spacial score (nSPS) is 10.9. The Hall–Kier alpha value is -1.19. The van der Waals surface area contributed by atoms with Crippen molar-refractivity contribution in [2.45, 2.75) is 5.75 Å². The Morgan fingerprint density at radius 3 is 2.72 bits per heavy atom. The minimum absolute atomic E-state index is 0.165. The van der Waals surface area contributed by atoms with E-state index in [1.54, 1.807) is 25.3 Å². The topological polar surface area (TPSA) is 67.2 Å². The molecule has 0 aliphatic heterocycles.